The highest BCUT2D eigenvalue weighted by molar-refractivity contribution is 7.71. The molecule has 2 nitrogen and oxygen atoms in total. The molecule has 0 heterocycles. The molecule has 2 fully saturated rings. The van der Waals surface area contributed by atoms with E-state index in [-0.39, 0.29) is 0 Å². The van der Waals surface area contributed by atoms with Crippen LogP contribution in [0.3, 0.4) is 0 Å². The van der Waals surface area contributed by atoms with Crippen LogP contribution in [0.5, 0.6) is 0 Å². The summed E-state index contributed by atoms with van der Waals surface area (Å²) in [6.07, 6.45) is 7.81. The highest BCUT2D eigenvalue weighted by atomic mass is 31.1. The lowest BCUT2D eigenvalue weighted by Crippen LogP contribution is -2.51. The number of hydrogen-bond acceptors (Lipinski definition) is 2. The van der Waals surface area contributed by atoms with Crippen LogP contribution in [-0.2, 0) is 0 Å². The molecular formula is C33H36N2P2. The Morgan fingerprint density at radius 3 is 1.05 bits per heavy atom. The second-order valence-corrected chi connectivity index (χ2v) is 14.3. The Balaban J connectivity index is 1.31. The zero-order valence-electron chi connectivity index (χ0n) is 21.3. The van der Waals surface area contributed by atoms with E-state index in [4.69, 9.17) is 0 Å². The van der Waals surface area contributed by atoms with E-state index in [2.05, 4.69) is 132 Å². The molecule has 0 aliphatic heterocycles. The van der Waals surface area contributed by atoms with Gasteiger partial charge in [0.1, 0.15) is 0 Å². The van der Waals surface area contributed by atoms with Crippen molar-refractivity contribution in [1.82, 2.24) is 10.2 Å². The summed E-state index contributed by atoms with van der Waals surface area (Å²) in [6.45, 7) is 0. The van der Waals surface area contributed by atoms with Gasteiger partial charge in [0, 0.05) is 33.6 Å². The van der Waals surface area contributed by atoms with Crippen LogP contribution in [0.2, 0.25) is 0 Å². The van der Waals surface area contributed by atoms with Crippen LogP contribution in [0.1, 0.15) is 38.5 Å². The summed E-state index contributed by atoms with van der Waals surface area (Å²) in [6, 6.07) is 45.5. The van der Waals surface area contributed by atoms with Crippen molar-refractivity contribution in [3.05, 3.63) is 121 Å². The van der Waals surface area contributed by atoms with Crippen LogP contribution in [0.4, 0.5) is 0 Å². The quantitative estimate of drug-likeness (QED) is 0.264. The summed E-state index contributed by atoms with van der Waals surface area (Å²) < 4.78 is 0. The Morgan fingerprint density at radius 2 is 0.757 bits per heavy atom. The Bertz CT molecular complexity index is 1070. The molecule has 188 valence electrons. The van der Waals surface area contributed by atoms with Gasteiger partial charge in [-0.3, -0.25) is 10.2 Å². The molecule has 4 aromatic carbocycles. The van der Waals surface area contributed by atoms with Crippen LogP contribution in [-0.4, -0.2) is 12.1 Å². The summed E-state index contributed by atoms with van der Waals surface area (Å²) in [5, 5.41) is 14.3. The van der Waals surface area contributed by atoms with Gasteiger partial charge < -0.3 is 0 Å². The third-order valence-corrected chi connectivity index (χ3v) is 12.7. The maximum atomic E-state index is 4.30. The van der Waals surface area contributed by atoms with Gasteiger partial charge in [-0.15, -0.1) is 0 Å². The van der Waals surface area contributed by atoms with Crippen LogP contribution in [0.25, 0.3) is 0 Å². The molecule has 2 atom stereocenters. The maximum Gasteiger partial charge on any atom is 0.0256 e. The molecule has 2 N–H and O–H groups in total. The Kier molecular flexibility index (Phi) is 7.82. The fourth-order valence-electron chi connectivity index (χ4n) is 6.51. The molecular weight excluding hydrogens is 486 g/mol. The average Bonchev–Trinajstić information content (AvgIpc) is 3.58. The summed E-state index contributed by atoms with van der Waals surface area (Å²) in [4.78, 5) is 0. The van der Waals surface area contributed by atoms with Crippen LogP contribution in [0, 0.1) is 5.41 Å². The summed E-state index contributed by atoms with van der Waals surface area (Å²) >= 11 is 0. The second kappa shape index (κ2) is 11.6. The minimum Gasteiger partial charge on any atom is -0.285 e. The number of benzene rings is 4. The molecule has 6 rings (SSSR count). The first kappa shape index (κ1) is 25.0. The molecule has 0 amide bonds. The monoisotopic (exact) mass is 522 g/mol. The molecule has 0 aromatic heterocycles. The zero-order chi connectivity index (χ0) is 24.9. The fraction of sp³-hybridized carbons (Fsp3) is 0.273. The van der Waals surface area contributed by atoms with Crippen molar-refractivity contribution in [3.8, 4) is 0 Å². The van der Waals surface area contributed by atoms with E-state index in [0.29, 0.717) is 17.5 Å². The molecule has 0 saturated heterocycles. The number of rotatable bonds is 8. The van der Waals surface area contributed by atoms with Gasteiger partial charge in [0.05, 0.1) is 0 Å². The molecule has 0 unspecified atom stereocenters. The molecule has 0 radical (unpaired) electrons. The van der Waals surface area contributed by atoms with Crippen LogP contribution < -0.4 is 31.4 Å². The first-order chi connectivity index (χ1) is 18.3. The standard InChI is InChI=1S/C33H36N2P2/c1-5-15-27(16-6-1)36(28-17-7-2-8-18-28)34-31-23-13-25-33(31)26-14-24-32(33)35-37(29-19-9-3-10-20-29)30-21-11-4-12-22-30/h1-12,15-22,31-32,34-35H,13-14,23-26H2/t31-,32-,33?/m1/s1. The molecule has 1 spiro atoms. The first-order valence-corrected chi connectivity index (χ1v) is 16.3. The minimum atomic E-state index is -0.604. The normalized spacial score (nSPS) is 20.7. The van der Waals surface area contributed by atoms with E-state index in [1.165, 1.54) is 59.7 Å². The van der Waals surface area contributed by atoms with Crippen molar-refractivity contribution in [2.45, 2.75) is 50.6 Å². The van der Waals surface area contributed by atoms with Gasteiger partial charge >= 0.3 is 0 Å². The van der Waals surface area contributed by atoms with Crippen molar-refractivity contribution in [2.24, 2.45) is 5.41 Å². The summed E-state index contributed by atoms with van der Waals surface area (Å²) in [5.74, 6) is 0. The van der Waals surface area contributed by atoms with Gasteiger partial charge in [0.2, 0.25) is 0 Å². The Labute approximate surface area is 224 Å². The van der Waals surface area contributed by atoms with Gasteiger partial charge in [0.15, 0.2) is 0 Å². The van der Waals surface area contributed by atoms with E-state index in [0.717, 1.165) is 0 Å². The van der Waals surface area contributed by atoms with Gasteiger partial charge in [0.25, 0.3) is 0 Å². The number of nitrogens with one attached hydrogen (secondary N) is 2. The lowest BCUT2D eigenvalue weighted by Gasteiger charge is -2.42. The van der Waals surface area contributed by atoms with Gasteiger partial charge in [-0.1, -0.05) is 134 Å². The van der Waals surface area contributed by atoms with Crippen LogP contribution in [0.15, 0.2) is 121 Å². The van der Waals surface area contributed by atoms with E-state index >= 15 is 0 Å². The first-order valence-electron chi connectivity index (χ1n) is 13.7. The lowest BCUT2D eigenvalue weighted by atomic mass is 9.78. The molecule has 2 aliphatic carbocycles. The average molecular weight is 523 g/mol. The van der Waals surface area contributed by atoms with Crippen molar-refractivity contribution in [3.63, 3.8) is 0 Å². The van der Waals surface area contributed by atoms with Gasteiger partial charge in [-0.25, -0.2) is 0 Å². The Morgan fingerprint density at radius 1 is 0.459 bits per heavy atom. The molecule has 37 heavy (non-hydrogen) atoms. The lowest BCUT2D eigenvalue weighted by molar-refractivity contribution is 0.214. The summed E-state index contributed by atoms with van der Waals surface area (Å²) in [7, 11) is -1.21. The van der Waals surface area contributed by atoms with Gasteiger partial charge in [-0.05, 0) is 46.9 Å². The highest BCUT2D eigenvalue weighted by Gasteiger charge is 2.52. The topological polar surface area (TPSA) is 24.1 Å². The van der Waals surface area contributed by atoms with E-state index in [1.807, 2.05) is 0 Å². The van der Waals surface area contributed by atoms with Gasteiger partial charge in [-0.2, -0.15) is 0 Å². The highest BCUT2D eigenvalue weighted by Crippen LogP contribution is 2.54. The van der Waals surface area contributed by atoms with Crippen molar-refractivity contribution in [1.29, 1.82) is 0 Å². The van der Waals surface area contributed by atoms with Crippen molar-refractivity contribution in [2.75, 3.05) is 0 Å². The molecule has 0 bridgehead atoms. The second-order valence-electron chi connectivity index (χ2n) is 10.4. The fourth-order valence-corrected chi connectivity index (χ4v) is 11.0. The zero-order valence-corrected chi connectivity index (χ0v) is 23.1. The van der Waals surface area contributed by atoms with Crippen molar-refractivity contribution >= 4 is 37.4 Å². The molecule has 4 heteroatoms. The molecule has 2 aliphatic rings. The van der Waals surface area contributed by atoms with E-state index in [1.54, 1.807) is 0 Å². The van der Waals surface area contributed by atoms with Crippen LogP contribution >= 0.6 is 16.1 Å². The minimum absolute atomic E-state index is 0.314. The third-order valence-electron chi connectivity index (χ3n) is 8.29. The Hall–Kier alpha value is -2.34. The maximum absolute atomic E-state index is 4.30. The SMILES string of the molecule is c1ccc(P(N[C@@H]2CCCC23CCC[C@H]3NP(c2ccccc2)c2ccccc2)c2ccccc2)cc1. The van der Waals surface area contributed by atoms with Crippen molar-refractivity contribution < 1.29 is 0 Å². The predicted octanol–water partition coefficient (Wildman–Crippen LogP) is 6.35. The predicted molar refractivity (Wildman–Crippen MR) is 162 cm³/mol. The molecule has 2 saturated carbocycles. The smallest absolute Gasteiger partial charge is 0.0256 e. The number of hydrogen-bond donors (Lipinski definition) is 2. The largest absolute Gasteiger partial charge is 0.285 e. The summed E-state index contributed by atoms with van der Waals surface area (Å²) in [5.41, 5.74) is 0.314. The third kappa shape index (κ3) is 5.32. The molecule has 4 aromatic rings. The van der Waals surface area contributed by atoms with E-state index < -0.39 is 16.1 Å². The van der Waals surface area contributed by atoms with E-state index in [9.17, 15) is 0 Å².